The topological polar surface area (TPSA) is 23.8 Å². The molecule has 0 unspecified atom stereocenters. The average molecular weight is 412 g/mol. The monoisotopic (exact) mass is 411 g/mol. The number of nitriles is 1. The van der Waals surface area contributed by atoms with Crippen LogP contribution < -0.4 is 0 Å². The van der Waals surface area contributed by atoms with Crippen LogP contribution in [0.4, 0.5) is 0 Å². The Bertz CT molecular complexity index is 1350. The minimum absolute atomic E-state index is 0.320. The zero-order valence-corrected chi connectivity index (χ0v) is 18.5. The number of allylic oxidation sites excluding steroid dienone is 1. The van der Waals surface area contributed by atoms with Crippen molar-refractivity contribution in [3.05, 3.63) is 137 Å². The standard InChI is InChI=1S/C31H25N/c1-21(19-20-32)24-14-10-18-29-30(24)25-13-6-9-17-28(25)31(29,26-15-7-4-11-22(26)2)27-16-8-5-12-23(27)3/h4-18H,1,19H2,2-3H3. The number of fused-ring (bicyclic) bond motifs is 3. The summed E-state index contributed by atoms with van der Waals surface area (Å²) >= 11 is 0. The van der Waals surface area contributed by atoms with Crippen LogP contribution in [0.15, 0.2) is 97.6 Å². The van der Waals surface area contributed by atoms with Crippen molar-refractivity contribution in [2.24, 2.45) is 0 Å². The Kier molecular flexibility index (Phi) is 4.80. The van der Waals surface area contributed by atoms with Crippen LogP contribution in [0.5, 0.6) is 0 Å². The van der Waals surface area contributed by atoms with E-state index in [9.17, 15) is 5.26 Å². The van der Waals surface area contributed by atoms with E-state index in [-0.39, 0.29) is 0 Å². The molecule has 0 aliphatic heterocycles. The Hall–Kier alpha value is -3.89. The van der Waals surface area contributed by atoms with Crippen molar-refractivity contribution in [1.29, 1.82) is 5.26 Å². The molecule has 154 valence electrons. The minimum Gasteiger partial charge on any atom is -0.198 e. The number of hydrogen-bond acceptors (Lipinski definition) is 1. The van der Waals surface area contributed by atoms with Gasteiger partial charge in [0.2, 0.25) is 0 Å². The van der Waals surface area contributed by atoms with Crippen LogP contribution in [0.1, 0.15) is 45.4 Å². The van der Waals surface area contributed by atoms with E-state index in [4.69, 9.17) is 0 Å². The average Bonchev–Trinajstić information content (AvgIpc) is 3.11. The fourth-order valence-electron chi connectivity index (χ4n) is 5.53. The molecule has 0 aromatic heterocycles. The van der Waals surface area contributed by atoms with Crippen LogP contribution in [0, 0.1) is 25.2 Å². The highest BCUT2D eigenvalue weighted by Gasteiger charge is 2.48. The Labute approximate surface area is 190 Å². The maximum absolute atomic E-state index is 9.36. The molecule has 5 rings (SSSR count). The number of aryl methyl sites for hydroxylation is 2. The molecule has 0 fully saturated rings. The lowest BCUT2D eigenvalue weighted by molar-refractivity contribution is 0.754. The molecule has 0 radical (unpaired) electrons. The zero-order chi connectivity index (χ0) is 22.3. The van der Waals surface area contributed by atoms with E-state index in [1.54, 1.807) is 0 Å². The molecule has 32 heavy (non-hydrogen) atoms. The van der Waals surface area contributed by atoms with Crippen molar-refractivity contribution in [2.45, 2.75) is 25.7 Å². The summed E-state index contributed by atoms with van der Waals surface area (Å²) < 4.78 is 0. The van der Waals surface area contributed by atoms with Crippen molar-refractivity contribution in [2.75, 3.05) is 0 Å². The fraction of sp³-hybridized carbons (Fsp3) is 0.129. The molecule has 1 heteroatoms. The van der Waals surface area contributed by atoms with E-state index in [0.717, 1.165) is 11.1 Å². The Balaban J connectivity index is 2.00. The largest absolute Gasteiger partial charge is 0.198 e. The molecule has 0 saturated carbocycles. The molecule has 0 spiro atoms. The molecule has 0 N–H and O–H groups in total. The molecule has 0 saturated heterocycles. The van der Waals surface area contributed by atoms with Crippen LogP contribution in [0.25, 0.3) is 16.7 Å². The van der Waals surface area contributed by atoms with E-state index in [1.807, 2.05) is 0 Å². The molecular formula is C31H25N. The van der Waals surface area contributed by atoms with E-state index in [2.05, 4.69) is 117 Å². The Morgan fingerprint density at radius 2 is 1.25 bits per heavy atom. The third-order valence-electron chi connectivity index (χ3n) is 6.84. The number of benzene rings is 4. The van der Waals surface area contributed by atoms with Crippen LogP contribution in [0.3, 0.4) is 0 Å². The lowest BCUT2D eigenvalue weighted by Crippen LogP contribution is -2.30. The lowest BCUT2D eigenvalue weighted by atomic mass is 9.65. The Morgan fingerprint density at radius 1 is 0.719 bits per heavy atom. The van der Waals surface area contributed by atoms with E-state index in [1.165, 1.54) is 44.5 Å². The molecule has 0 bridgehead atoms. The summed E-state index contributed by atoms with van der Waals surface area (Å²) in [5.41, 5.74) is 11.6. The molecule has 0 heterocycles. The van der Waals surface area contributed by atoms with Gasteiger partial charge in [0.15, 0.2) is 0 Å². The van der Waals surface area contributed by atoms with Gasteiger partial charge in [-0.3, -0.25) is 0 Å². The van der Waals surface area contributed by atoms with Crippen molar-refractivity contribution < 1.29 is 0 Å². The maximum Gasteiger partial charge on any atom is 0.0718 e. The van der Waals surface area contributed by atoms with E-state index in [0.29, 0.717) is 6.42 Å². The number of nitrogens with zero attached hydrogens (tertiary/aromatic N) is 1. The van der Waals surface area contributed by atoms with Gasteiger partial charge in [0, 0.05) is 0 Å². The molecule has 0 atom stereocenters. The predicted molar refractivity (Wildman–Crippen MR) is 132 cm³/mol. The SMILES string of the molecule is C=C(CC#N)c1cccc2c1-c1ccccc1C2(c1ccccc1C)c1ccccc1C. The highest BCUT2D eigenvalue weighted by Crippen LogP contribution is 2.58. The molecule has 1 nitrogen and oxygen atoms in total. The van der Waals surface area contributed by atoms with Crippen LogP contribution in [-0.2, 0) is 5.41 Å². The molecule has 0 amide bonds. The van der Waals surface area contributed by atoms with Gasteiger partial charge in [-0.2, -0.15) is 5.26 Å². The van der Waals surface area contributed by atoms with Crippen molar-refractivity contribution in [1.82, 2.24) is 0 Å². The first kappa shape index (κ1) is 20.0. The van der Waals surface area contributed by atoms with Gasteiger partial charge in [-0.1, -0.05) is 97.6 Å². The van der Waals surface area contributed by atoms with Crippen LogP contribution in [-0.4, -0.2) is 0 Å². The summed E-state index contributed by atoms with van der Waals surface area (Å²) in [6.07, 6.45) is 0.320. The summed E-state index contributed by atoms with van der Waals surface area (Å²) in [5.74, 6) is 0. The lowest BCUT2D eigenvalue weighted by Gasteiger charge is -2.36. The fourth-order valence-corrected chi connectivity index (χ4v) is 5.53. The summed E-state index contributed by atoms with van der Waals surface area (Å²) in [4.78, 5) is 0. The van der Waals surface area contributed by atoms with Crippen LogP contribution in [0.2, 0.25) is 0 Å². The number of rotatable bonds is 4. The molecular weight excluding hydrogens is 386 g/mol. The van der Waals surface area contributed by atoms with Gasteiger partial charge in [0.25, 0.3) is 0 Å². The van der Waals surface area contributed by atoms with E-state index >= 15 is 0 Å². The first-order chi connectivity index (χ1) is 15.6. The first-order valence-corrected chi connectivity index (χ1v) is 11.0. The summed E-state index contributed by atoms with van der Waals surface area (Å²) in [5, 5.41) is 9.36. The third kappa shape index (κ3) is 2.70. The van der Waals surface area contributed by atoms with Crippen LogP contribution >= 0.6 is 0 Å². The highest BCUT2D eigenvalue weighted by atomic mass is 14.5. The molecule has 4 aromatic rings. The van der Waals surface area contributed by atoms with Crippen molar-refractivity contribution >= 4 is 5.57 Å². The Morgan fingerprint density at radius 3 is 1.84 bits per heavy atom. The minimum atomic E-state index is -0.425. The zero-order valence-electron chi connectivity index (χ0n) is 18.5. The summed E-state index contributed by atoms with van der Waals surface area (Å²) in [6, 6.07) is 35.0. The second-order valence-corrected chi connectivity index (χ2v) is 8.59. The second-order valence-electron chi connectivity index (χ2n) is 8.59. The summed E-state index contributed by atoms with van der Waals surface area (Å²) in [6.45, 7) is 8.68. The summed E-state index contributed by atoms with van der Waals surface area (Å²) in [7, 11) is 0. The van der Waals surface area contributed by atoms with Gasteiger partial charge in [-0.05, 0) is 69.5 Å². The van der Waals surface area contributed by atoms with Crippen molar-refractivity contribution in [3.8, 4) is 17.2 Å². The normalized spacial score (nSPS) is 13.2. The van der Waals surface area contributed by atoms with Gasteiger partial charge in [-0.15, -0.1) is 0 Å². The first-order valence-electron chi connectivity index (χ1n) is 11.0. The van der Waals surface area contributed by atoms with Gasteiger partial charge in [0.05, 0.1) is 17.9 Å². The third-order valence-corrected chi connectivity index (χ3v) is 6.84. The van der Waals surface area contributed by atoms with Gasteiger partial charge >= 0.3 is 0 Å². The number of hydrogen-bond donors (Lipinski definition) is 0. The smallest absolute Gasteiger partial charge is 0.0718 e. The second kappa shape index (κ2) is 7.66. The highest BCUT2D eigenvalue weighted by molar-refractivity contribution is 5.93. The molecule has 1 aliphatic rings. The van der Waals surface area contributed by atoms with E-state index < -0.39 is 5.41 Å². The molecule has 1 aliphatic carbocycles. The maximum atomic E-state index is 9.36. The predicted octanol–water partition coefficient (Wildman–Crippen LogP) is 7.59. The molecule has 4 aromatic carbocycles. The van der Waals surface area contributed by atoms with Gasteiger partial charge in [0.1, 0.15) is 0 Å². The van der Waals surface area contributed by atoms with Gasteiger partial charge < -0.3 is 0 Å². The van der Waals surface area contributed by atoms with Crippen molar-refractivity contribution in [3.63, 3.8) is 0 Å². The quantitative estimate of drug-likeness (QED) is 0.299. The van der Waals surface area contributed by atoms with Gasteiger partial charge in [-0.25, -0.2) is 0 Å².